The molecule has 2 amide bonds. The fourth-order valence-corrected chi connectivity index (χ4v) is 4.04. The lowest BCUT2D eigenvalue weighted by Gasteiger charge is -2.17. The lowest BCUT2D eigenvalue weighted by molar-refractivity contribution is -0.124. The van der Waals surface area contributed by atoms with Gasteiger partial charge in [0.05, 0.1) is 6.54 Å². The molecule has 0 spiro atoms. The topological polar surface area (TPSA) is 65.5 Å². The molecule has 1 aliphatic heterocycles. The van der Waals surface area contributed by atoms with Gasteiger partial charge in [0, 0.05) is 38.0 Å². The largest absolute Gasteiger partial charge is 0.338 e. The minimum Gasteiger partial charge on any atom is -0.338 e. The van der Waals surface area contributed by atoms with E-state index in [1.807, 2.05) is 25.1 Å². The van der Waals surface area contributed by atoms with Gasteiger partial charge in [-0.25, -0.2) is 4.98 Å². The van der Waals surface area contributed by atoms with E-state index in [0.717, 1.165) is 17.5 Å². The summed E-state index contributed by atoms with van der Waals surface area (Å²) in [6, 6.07) is 10.4. The molecule has 30 heavy (non-hydrogen) atoms. The van der Waals surface area contributed by atoms with Gasteiger partial charge in [-0.05, 0) is 60.4 Å². The molecule has 0 radical (unpaired) electrons. The third-order valence-corrected chi connectivity index (χ3v) is 5.68. The van der Waals surface area contributed by atoms with Crippen LogP contribution in [0, 0.1) is 0 Å². The van der Waals surface area contributed by atoms with Gasteiger partial charge in [0.25, 0.3) is 0 Å². The molecule has 2 heterocycles. The van der Waals surface area contributed by atoms with Crippen LogP contribution in [0.25, 0.3) is 11.6 Å². The van der Waals surface area contributed by atoms with Crippen LogP contribution in [0.3, 0.4) is 0 Å². The van der Waals surface area contributed by atoms with Crippen molar-refractivity contribution in [1.29, 1.82) is 0 Å². The number of nitrogens with one attached hydrogen (secondary N) is 1. The van der Waals surface area contributed by atoms with Gasteiger partial charge in [-0.15, -0.1) is 0 Å². The van der Waals surface area contributed by atoms with Crippen molar-refractivity contribution in [3.05, 3.63) is 70.4 Å². The van der Waals surface area contributed by atoms with E-state index in [2.05, 4.69) is 41.5 Å². The maximum atomic E-state index is 12.7. The number of pyridine rings is 1. The van der Waals surface area contributed by atoms with Crippen molar-refractivity contribution in [1.82, 2.24) is 14.8 Å². The van der Waals surface area contributed by atoms with Crippen molar-refractivity contribution in [3.63, 3.8) is 0 Å². The van der Waals surface area contributed by atoms with Crippen molar-refractivity contribution in [3.8, 4) is 0 Å². The molecule has 0 saturated carbocycles. The Morgan fingerprint density at radius 2 is 2.07 bits per heavy atom. The quantitative estimate of drug-likeness (QED) is 0.799. The number of nitrogens with zero attached hydrogens (tertiary/aromatic N) is 3. The van der Waals surface area contributed by atoms with Crippen LogP contribution in [0.2, 0.25) is 0 Å². The molecule has 1 aliphatic carbocycles. The summed E-state index contributed by atoms with van der Waals surface area (Å²) in [5, 5.41) is 2.82. The van der Waals surface area contributed by atoms with Gasteiger partial charge in [-0.2, -0.15) is 0 Å². The van der Waals surface area contributed by atoms with Gasteiger partial charge in [-0.3, -0.25) is 14.5 Å². The molecule has 0 fully saturated rings. The number of allylic oxidation sites excluding steroid dienone is 1. The van der Waals surface area contributed by atoms with E-state index < -0.39 is 0 Å². The molecule has 0 unspecified atom stereocenters. The second-order valence-corrected chi connectivity index (χ2v) is 8.09. The Hall–Kier alpha value is -3.25. The minimum absolute atomic E-state index is 0.0494. The summed E-state index contributed by atoms with van der Waals surface area (Å²) in [6.07, 6.45) is 5.94. The molecule has 1 aromatic heterocycles. The van der Waals surface area contributed by atoms with Gasteiger partial charge in [0.15, 0.2) is 0 Å². The first-order chi connectivity index (χ1) is 14.4. The molecular weight excluding hydrogens is 376 g/mol. The first-order valence-electron chi connectivity index (χ1n) is 10.1. The van der Waals surface area contributed by atoms with E-state index >= 15 is 0 Å². The Bertz CT molecular complexity index is 1070. The fraction of sp³-hybridized carbons (Fsp3) is 0.292. The van der Waals surface area contributed by atoms with Crippen LogP contribution < -0.4 is 5.32 Å². The maximum absolute atomic E-state index is 12.7. The molecule has 1 aromatic carbocycles. The normalized spacial score (nSPS) is 16.3. The van der Waals surface area contributed by atoms with E-state index in [1.165, 1.54) is 22.3 Å². The highest BCUT2D eigenvalue weighted by atomic mass is 16.2. The van der Waals surface area contributed by atoms with Gasteiger partial charge in [-0.1, -0.05) is 24.3 Å². The maximum Gasteiger partial charge on any atom is 0.246 e. The van der Waals surface area contributed by atoms with Crippen molar-refractivity contribution in [2.75, 3.05) is 32.5 Å². The predicted octanol–water partition coefficient (Wildman–Crippen LogP) is 2.97. The van der Waals surface area contributed by atoms with Crippen LogP contribution in [0.5, 0.6) is 0 Å². The fourth-order valence-electron chi connectivity index (χ4n) is 4.04. The van der Waals surface area contributed by atoms with E-state index in [4.69, 9.17) is 0 Å². The Morgan fingerprint density at radius 1 is 1.27 bits per heavy atom. The van der Waals surface area contributed by atoms with Crippen LogP contribution in [0.1, 0.15) is 29.2 Å². The molecule has 6 heteroatoms. The van der Waals surface area contributed by atoms with E-state index in [9.17, 15) is 9.59 Å². The number of amides is 2. The minimum atomic E-state index is -0.0671. The Morgan fingerprint density at radius 3 is 2.87 bits per heavy atom. The van der Waals surface area contributed by atoms with Crippen LogP contribution in [0.4, 0.5) is 5.82 Å². The molecule has 0 saturated heterocycles. The van der Waals surface area contributed by atoms with Gasteiger partial charge in [0.1, 0.15) is 5.82 Å². The summed E-state index contributed by atoms with van der Waals surface area (Å²) in [7, 11) is 3.73. The number of hydrogen-bond acceptors (Lipinski definition) is 4. The van der Waals surface area contributed by atoms with Crippen molar-refractivity contribution in [2.45, 2.75) is 19.9 Å². The second kappa shape index (κ2) is 8.24. The summed E-state index contributed by atoms with van der Waals surface area (Å²) >= 11 is 0. The number of aromatic nitrogens is 1. The molecule has 4 rings (SSSR count). The van der Waals surface area contributed by atoms with E-state index in [-0.39, 0.29) is 11.8 Å². The number of carbonyl (C=O) groups excluding carboxylic acids is 2. The molecule has 0 bridgehead atoms. The van der Waals surface area contributed by atoms with Gasteiger partial charge < -0.3 is 10.2 Å². The summed E-state index contributed by atoms with van der Waals surface area (Å²) in [4.78, 5) is 32.5. The van der Waals surface area contributed by atoms with Crippen molar-refractivity contribution >= 4 is 29.3 Å². The van der Waals surface area contributed by atoms with Crippen LogP contribution in [-0.2, 0) is 22.6 Å². The van der Waals surface area contributed by atoms with E-state index in [1.54, 1.807) is 23.2 Å². The lowest BCUT2D eigenvalue weighted by Crippen LogP contribution is -2.27. The number of anilines is 1. The van der Waals surface area contributed by atoms with Crippen molar-refractivity contribution in [2.24, 2.45) is 0 Å². The molecule has 2 aliphatic rings. The predicted molar refractivity (Wildman–Crippen MR) is 119 cm³/mol. The summed E-state index contributed by atoms with van der Waals surface area (Å²) in [5.74, 6) is 0.474. The van der Waals surface area contributed by atoms with Crippen LogP contribution in [0.15, 0.2) is 48.2 Å². The zero-order valence-electron chi connectivity index (χ0n) is 17.6. The summed E-state index contributed by atoms with van der Waals surface area (Å²) in [6.45, 7) is 3.71. The highest BCUT2D eigenvalue weighted by Gasteiger charge is 2.20. The van der Waals surface area contributed by atoms with Gasteiger partial charge in [0.2, 0.25) is 11.8 Å². The molecular formula is C24H26N4O2. The number of rotatable bonds is 4. The Kier molecular flexibility index (Phi) is 5.50. The highest BCUT2D eigenvalue weighted by Crippen LogP contribution is 2.32. The van der Waals surface area contributed by atoms with E-state index in [0.29, 0.717) is 25.5 Å². The Labute approximate surface area is 176 Å². The van der Waals surface area contributed by atoms with Gasteiger partial charge >= 0.3 is 0 Å². The SMILES string of the molecule is CC1=C(CN(C)C(=O)/C=C/c2cnc3c(c2)CN(C)CC(=O)N3)Cc2ccccc21. The highest BCUT2D eigenvalue weighted by molar-refractivity contribution is 5.93. The number of carbonyl (C=O) groups is 2. The third kappa shape index (κ3) is 4.19. The average Bonchev–Trinajstić information content (AvgIpc) is 2.94. The monoisotopic (exact) mass is 402 g/mol. The lowest BCUT2D eigenvalue weighted by atomic mass is 10.1. The molecule has 2 aromatic rings. The first kappa shape index (κ1) is 20.0. The number of benzene rings is 1. The molecule has 1 N–H and O–H groups in total. The zero-order chi connectivity index (χ0) is 21.3. The summed E-state index contributed by atoms with van der Waals surface area (Å²) < 4.78 is 0. The summed E-state index contributed by atoms with van der Waals surface area (Å²) in [5.41, 5.74) is 6.95. The average molecular weight is 402 g/mol. The Balaban J connectivity index is 1.43. The third-order valence-electron chi connectivity index (χ3n) is 5.68. The molecule has 6 nitrogen and oxygen atoms in total. The van der Waals surface area contributed by atoms with Crippen LogP contribution >= 0.6 is 0 Å². The number of fused-ring (bicyclic) bond motifs is 2. The number of likely N-dealkylation sites (N-methyl/N-ethyl adjacent to an activating group) is 2. The standard InChI is InChI=1S/C24H26N4O2/c1-16-19(11-18-6-4-5-7-21(16)18)14-28(3)23(30)9-8-17-10-20-13-27(2)15-22(29)26-24(20)25-12-17/h4-10,12H,11,13-15H2,1-3H3,(H,25,26,29)/b9-8+. The zero-order valence-corrected chi connectivity index (χ0v) is 17.6. The van der Waals surface area contributed by atoms with Crippen LogP contribution in [-0.4, -0.2) is 53.8 Å². The first-order valence-corrected chi connectivity index (χ1v) is 10.1. The number of hydrogen-bond donors (Lipinski definition) is 1. The smallest absolute Gasteiger partial charge is 0.246 e. The molecule has 154 valence electrons. The second-order valence-electron chi connectivity index (χ2n) is 8.09. The van der Waals surface area contributed by atoms with Crippen molar-refractivity contribution < 1.29 is 9.59 Å². The molecule has 0 atom stereocenters.